The average Bonchev–Trinajstić information content (AvgIpc) is 2.78. The number of hydrogen-bond acceptors (Lipinski definition) is 5. The largest absolute Gasteiger partial charge is 0.481 e. The Morgan fingerprint density at radius 2 is 2.31 bits per heavy atom. The average molecular weight is 220 g/mol. The van der Waals surface area contributed by atoms with Crippen LogP contribution in [0.25, 0.3) is 11.5 Å². The molecule has 16 heavy (non-hydrogen) atoms. The van der Waals surface area contributed by atoms with E-state index in [0.29, 0.717) is 11.6 Å². The van der Waals surface area contributed by atoms with Gasteiger partial charge in [0.25, 0.3) is 0 Å². The molecule has 1 N–H and O–H groups in total. The second kappa shape index (κ2) is 4.01. The van der Waals surface area contributed by atoms with Gasteiger partial charge in [0.1, 0.15) is 5.69 Å². The van der Waals surface area contributed by atoms with E-state index >= 15 is 0 Å². The monoisotopic (exact) mass is 220 g/mol. The first-order valence-corrected chi connectivity index (χ1v) is 4.42. The Kier molecular flexibility index (Phi) is 2.55. The molecule has 2 heterocycles. The maximum absolute atomic E-state index is 10.6. The highest BCUT2D eigenvalue weighted by atomic mass is 16.5. The molecule has 0 amide bonds. The summed E-state index contributed by atoms with van der Waals surface area (Å²) < 4.78 is 9.80. The molecule has 82 valence electrons. The highest BCUT2D eigenvalue weighted by Crippen LogP contribution is 2.20. The number of methoxy groups -OCH3 is 1. The highest BCUT2D eigenvalue weighted by molar-refractivity contribution is 5.86. The zero-order chi connectivity index (χ0) is 11.5. The van der Waals surface area contributed by atoms with E-state index in [-0.39, 0.29) is 11.5 Å². The van der Waals surface area contributed by atoms with E-state index in [2.05, 4.69) is 10.1 Å². The maximum Gasteiger partial charge on any atom is 0.358 e. The number of aromatic nitrogens is 2. The minimum atomic E-state index is -1.14. The summed E-state index contributed by atoms with van der Waals surface area (Å²) in [4.78, 5) is 14.7. The van der Waals surface area contributed by atoms with Crippen LogP contribution in [0.4, 0.5) is 0 Å². The van der Waals surface area contributed by atoms with Gasteiger partial charge in [-0.15, -0.1) is 0 Å². The Labute approximate surface area is 90.5 Å². The number of rotatable bonds is 3. The van der Waals surface area contributed by atoms with E-state index in [1.54, 1.807) is 18.2 Å². The molecule has 6 heteroatoms. The van der Waals surface area contributed by atoms with Crippen LogP contribution in [0, 0.1) is 0 Å². The fourth-order valence-electron chi connectivity index (χ4n) is 1.16. The smallest absolute Gasteiger partial charge is 0.358 e. The topological polar surface area (TPSA) is 85.5 Å². The fraction of sp³-hybridized carbons (Fsp3) is 0.100. The van der Waals surface area contributed by atoms with Gasteiger partial charge in [0, 0.05) is 12.1 Å². The third kappa shape index (κ3) is 1.85. The van der Waals surface area contributed by atoms with Crippen molar-refractivity contribution in [3.05, 3.63) is 30.0 Å². The molecule has 2 aromatic rings. The molecule has 0 radical (unpaired) electrons. The molecule has 0 fully saturated rings. The van der Waals surface area contributed by atoms with E-state index in [0.717, 1.165) is 0 Å². The lowest BCUT2D eigenvalue weighted by Gasteiger charge is -1.98. The van der Waals surface area contributed by atoms with Crippen LogP contribution in [-0.4, -0.2) is 28.3 Å². The second-order valence-corrected chi connectivity index (χ2v) is 2.95. The summed E-state index contributed by atoms with van der Waals surface area (Å²) >= 11 is 0. The predicted molar refractivity (Wildman–Crippen MR) is 53.2 cm³/mol. The van der Waals surface area contributed by atoms with Crippen LogP contribution in [0.3, 0.4) is 0 Å². The number of ether oxygens (including phenoxy) is 1. The normalized spacial score (nSPS) is 10.1. The predicted octanol–water partition coefficient (Wildman–Crippen LogP) is 1.44. The van der Waals surface area contributed by atoms with Crippen LogP contribution < -0.4 is 4.74 Å². The molecule has 2 aromatic heterocycles. The van der Waals surface area contributed by atoms with E-state index in [4.69, 9.17) is 14.4 Å². The van der Waals surface area contributed by atoms with Gasteiger partial charge in [0.2, 0.25) is 5.88 Å². The van der Waals surface area contributed by atoms with E-state index in [1.807, 2.05) is 0 Å². The number of carbonyl (C=O) groups is 1. The summed E-state index contributed by atoms with van der Waals surface area (Å²) in [5.74, 6) is -0.431. The van der Waals surface area contributed by atoms with Crippen LogP contribution >= 0.6 is 0 Å². The number of nitrogens with zero attached hydrogens (tertiary/aromatic N) is 2. The number of hydrogen-bond donors (Lipinski definition) is 1. The Hall–Kier alpha value is -2.37. The van der Waals surface area contributed by atoms with Gasteiger partial charge >= 0.3 is 5.97 Å². The van der Waals surface area contributed by atoms with Gasteiger partial charge in [0.05, 0.1) is 7.11 Å². The minimum Gasteiger partial charge on any atom is -0.481 e. The van der Waals surface area contributed by atoms with Crippen molar-refractivity contribution in [3.63, 3.8) is 0 Å². The Morgan fingerprint density at radius 1 is 1.50 bits per heavy atom. The standard InChI is InChI=1S/C10H8N2O4/c1-15-9-4-2-3-6(11-9)8-5-7(10(13)14)12-16-8/h2-5H,1H3,(H,13,14). The van der Waals surface area contributed by atoms with E-state index < -0.39 is 5.97 Å². The molecule has 0 spiro atoms. The molecule has 0 aliphatic carbocycles. The summed E-state index contributed by atoms with van der Waals surface area (Å²) in [6.45, 7) is 0. The lowest BCUT2D eigenvalue weighted by molar-refractivity contribution is 0.0686. The maximum atomic E-state index is 10.6. The lowest BCUT2D eigenvalue weighted by atomic mass is 10.2. The highest BCUT2D eigenvalue weighted by Gasteiger charge is 2.13. The number of carboxylic acid groups (broad SMARTS) is 1. The fourth-order valence-corrected chi connectivity index (χ4v) is 1.16. The second-order valence-electron chi connectivity index (χ2n) is 2.95. The van der Waals surface area contributed by atoms with E-state index in [1.165, 1.54) is 13.2 Å². The van der Waals surface area contributed by atoms with Gasteiger partial charge in [-0.3, -0.25) is 0 Å². The van der Waals surface area contributed by atoms with Crippen molar-refractivity contribution < 1.29 is 19.2 Å². The quantitative estimate of drug-likeness (QED) is 0.842. The molecule has 0 aliphatic heterocycles. The Morgan fingerprint density at radius 3 is 2.94 bits per heavy atom. The minimum absolute atomic E-state index is 0.153. The van der Waals surface area contributed by atoms with Crippen LogP contribution in [0.15, 0.2) is 28.8 Å². The van der Waals surface area contributed by atoms with Crippen LogP contribution in [0.2, 0.25) is 0 Å². The summed E-state index contributed by atoms with van der Waals surface area (Å²) in [5.41, 5.74) is 0.318. The first kappa shape index (κ1) is 10.2. The van der Waals surface area contributed by atoms with Gasteiger partial charge in [-0.05, 0) is 6.07 Å². The summed E-state index contributed by atoms with van der Waals surface area (Å²) in [6, 6.07) is 6.39. The first-order chi connectivity index (χ1) is 7.70. The van der Waals surface area contributed by atoms with Gasteiger partial charge in [0.15, 0.2) is 11.5 Å². The summed E-state index contributed by atoms with van der Waals surface area (Å²) in [7, 11) is 1.50. The number of pyridine rings is 1. The third-order valence-corrected chi connectivity index (χ3v) is 1.91. The van der Waals surface area contributed by atoms with Crippen LogP contribution in [-0.2, 0) is 0 Å². The van der Waals surface area contributed by atoms with Gasteiger partial charge in [-0.25, -0.2) is 9.78 Å². The van der Waals surface area contributed by atoms with Crippen molar-refractivity contribution >= 4 is 5.97 Å². The van der Waals surface area contributed by atoms with Crippen molar-refractivity contribution in [1.82, 2.24) is 10.1 Å². The van der Waals surface area contributed by atoms with Crippen LogP contribution in [0.1, 0.15) is 10.5 Å². The Balaban J connectivity index is 2.38. The SMILES string of the molecule is COc1cccc(-c2cc(C(=O)O)no2)n1. The van der Waals surface area contributed by atoms with E-state index in [9.17, 15) is 4.79 Å². The Bertz CT molecular complexity index is 521. The van der Waals surface area contributed by atoms with Crippen molar-refractivity contribution in [1.29, 1.82) is 0 Å². The molecular weight excluding hydrogens is 212 g/mol. The van der Waals surface area contributed by atoms with Gasteiger partial charge in [-0.1, -0.05) is 11.2 Å². The molecule has 0 saturated heterocycles. The van der Waals surface area contributed by atoms with Gasteiger partial charge < -0.3 is 14.4 Å². The number of aromatic carboxylic acids is 1. The molecule has 6 nitrogen and oxygen atoms in total. The molecule has 0 saturated carbocycles. The number of carboxylic acids is 1. The lowest BCUT2D eigenvalue weighted by Crippen LogP contribution is -1.94. The van der Waals surface area contributed by atoms with Gasteiger partial charge in [-0.2, -0.15) is 0 Å². The summed E-state index contributed by atoms with van der Waals surface area (Å²) in [5, 5.41) is 12.1. The molecular formula is C10H8N2O4. The zero-order valence-corrected chi connectivity index (χ0v) is 8.38. The van der Waals surface area contributed by atoms with Crippen molar-refractivity contribution in [3.8, 4) is 17.3 Å². The van der Waals surface area contributed by atoms with Crippen LogP contribution in [0.5, 0.6) is 5.88 Å². The van der Waals surface area contributed by atoms with Crippen molar-refractivity contribution in [2.75, 3.05) is 7.11 Å². The first-order valence-electron chi connectivity index (χ1n) is 4.42. The molecule has 0 aliphatic rings. The summed E-state index contributed by atoms with van der Waals surface area (Å²) in [6.07, 6.45) is 0. The zero-order valence-electron chi connectivity index (χ0n) is 8.38. The molecule has 2 rings (SSSR count). The molecule has 0 unspecified atom stereocenters. The molecule has 0 atom stereocenters. The molecule has 0 aromatic carbocycles. The molecule has 0 bridgehead atoms. The van der Waals surface area contributed by atoms with Crippen molar-refractivity contribution in [2.45, 2.75) is 0 Å². The van der Waals surface area contributed by atoms with Crippen molar-refractivity contribution in [2.24, 2.45) is 0 Å². The third-order valence-electron chi connectivity index (χ3n) is 1.91.